The maximum atomic E-state index is 12.8. The third-order valence-corrected chi connectivity index (χ3v) is 7.63. The van der Waals surface area contributed by atoms with Crippen LogP contribution in [0.5, 0.6) is 5.75 Å². The quantitative estimate of drug-likeness (QED) is 0.357. The molecule has 2 aromatic carbocycles. The summed E-state index contributed by atoms with van der Waals surface area (Å²) in [4.78, 5) is 8.76. The Morgan fingerprint density at radius 1 is 1.17 bits per heavy atom. The number of hydrogen-bond donors (Lipinski definition) is 3. The van der Waals surface area contributed by atoms with E-state index in [0.717, 1.165) is 48.1 Å². The standard InChI is InChI=1S/C24H27N7O3S/c1-34-19-6-2-3-7-20(19)35(32,33)29-13-16-8-10-17(11-9-16)22-21-23(25)27-15-28-24(21)31(30-22)18-5-4-12-26-14-18/h2-3,6-11,15,18,26,29H,4-5,12-14H2,1H3,(H2,25,27,28). The fourth-order valence-electron chi connectivity index (χ4n) is 4.37. The Bertz CT molecular complexity index is 1450. The molecular formula is C24H27N7O3S. The topological polar surface area (TPSA) is 137 Å². The minimum atomic E-state index is -3.74. The van der Waals surface area contributed by atoms with Gasteiger partial charge in [0.15, 0.2) is 5.65 Å². The number of hydrogen-bond acceptors (Lipinski definition) is 8. The fourth-order valence-corrected chi connectivity index (χ4v) is 5.56. The van der Waals surface area contributed by atoms with Gasteiger partial charge in [0.25, 0.3) is 0 Å². The van der Waals surface area contributed by atoms with Gasteiger partial charge in [-0.2, -0.15) is 5.10 Å². The molecule has 1 aliphatic heterocycles. The smallest absolute Gasteiger partial charge is 0.244 e. The number of nitrogens with zero attached hydrogens (tertiary/aromatic N) is 4. The lowest BCUT2D eigenvalue weighted by molar-refractivity contribution is 0.354. The van der Waals surface area contributed by atoms with Crippen LogP contribution in [-0.4, -0.2) is 48.4 Å². The number of rotatable bonds is 7. The third kappa shape index (κ3) is 4.57. The summed E-state index contributed by atoms with van der Waals surface area (Å²) in [5.74, 6) is 0.680. The molecule has 0 spiro atoms. The Labute approximate surface area is 203 Å². The monoisotopic (exact) mass is 493 g/mol. The van der Waals surface area contributed by atoms with E-state index in [-0.39, 0.29) is 17.5 Å². The Morgan fingerprint density at radius 2 is 1.97 bits per heavy atom. The van der Waals surface area contributed by atoms with Gasteiger partial charge in [-0.25, -0.2) is 27.8 Å². The first-order chi connectivity index (χ1) is 17.0. The molecule has 0 radical (unpaired) electrons. The van der Waals surface area contributed by atoms with Crippen molar-refractivity contribution in [1.29, 1.82) is 0 Å². The van der Waals surface area contributed by atoms with E-state index in [1.807, 2.05) is 28.9 Å². The van der Waals surface area contributed by atoms with Crippen LogP contribution in [0.4, 0.5) is 5.82 Å². The number of para-hydroxylation sites is 1. The van der Waals surface area contributed by atoms with Crippen molar-refractivity contribution in [2.24, 2.45) is 0 Å². The van der Waals surface area contributed by atoms with Crippen molar-refractivity contribution in [3.8, 4) is 17.0 Å². The number of methoxy groups -OCH3 is 1. The zero-order valence-corrected chi connectivity index (χ0v) is 20.1. The minimum Gasteiger partial charge on any atom is -0.495 e. The highest BCUT2D eigenvalue weighted by Gasteiger charge is 2.24. The van der Waals surface area contributed by atoms with E-state index in [1.165, 1.54) is 19.5 Å². The van der Waals surface area contributed by atoms with E-state index < -0.39 is 10.0 Å². The van der Waals surface area contributed by atoms with Gasteiger partial charge >= 0.3 is 0 Å². The average Bonchev–Trinajstić information content (AvgIpc) is 3.29. The molecule has 1 atom stereocenters. The van der Waals surface area contributed by atoms with Crippen molar-refractivity contribution in [1.82, 2.24) is 29.8 Å². The summed E-state index contributed by atoms with van der Waals surface area (Å²) in [5.41, 5.74) is 9.32. The van der Waals surface area contributed by atoms with E-state index in [0.29, 0.717) is 17.3 Å². The first-order valence-electron chi connectivity index (χ1n) is 11.4. The maximum absolute atomic E-state index is 12.8. The van der Waals surface area contributed by atoms with Crippen LogP contribution in [0.25, 0.3) is 22.3 Å². The number of ether oxygens (including phenoxy) is 1. The average molecular weight is 494 g/mol. The van der Waals surface area contributed by atoms with Gasteiger partial charge in [0.2, 0.25) is 10.0 Å². The van der Waals surface area contributed by atoms with Crippen LogP contribution in [0.2, 0.25) is 0 Å². The normalized spacial score (nSPS) is 16.4. The van der Waals surface area contributed by atoms with Crippen LogP contribution in [0.15, 0.2) is 59.8 Å². The van der Waals surface area contributed by atoms with Crippen molar-refractivity contribution >= 4 is 26.9 Å². The zero-order chi connectivity index (χ0) is 24.4. The van der Waals surface area contributed by atoms with Gasteiger partial charge in [-0.1, -0.05) is 36.4 Å². The molecule has 4 aromatic rings. The molecule has 0 saturated carbocycles. The minimum absolute atomic E-state index is 0.101. The number of benzene rings is 2. The molecule has 1 aliphatic rings. The van der Waals surface area contributed by atoms with Gasteiger partial charge in [-0.15, -0.1) is 0 Å². The maximum Gasteiger partial charge on any atom is 0.244 e. The Balaban J connectivity index is 1.41. The second kappa shape index (κ2) is 9.61. The molecule has 0 bridgehead atoms. The van der Waals surface area contributed by atoms with Crippen molar-refractivity contribution < 1.29 is 13.2 Å². The highest BCUT2D eigenvalue weighted by atomic mass is 32.2. The Kier molecular flexibility index (Phi) is 6.37. The summed E-state index contributed by atoms with van der Waals surface area (Å²) in [6.07, 6.45) is 3.55. The van der Waals surface area contributed by atoms with E-state index in [9.17, 15) is 8.42 Å². The molecule has 0 aliphatic carbocycles. The van der Waals surface area contributed by atoms with Crippen molar-refractivity contribution in [2.45, 2.75) is 30.3 Å². The van der Waals surface area contributed by atoms with E-state index in [1.54, 1.807) is 18.2 Å². The molecule has 4 N–H and O–H groups in total. The van der Waals surface area contributed by atoms with Gasteiger partial charge in [0, 0.05) is 18.7 Å². The molecule has 3 heterocycles. The van der Waals surface area contributed by atoms with Gasteiger partial charge in [0.05, 0.1) is 18.5 Å². The SMILES string of the molecule is COc1ccccc1S(=O)(=O)NCc1ccc(-c2nn(C3CCCNC3)c3ncnc(N)c23)cc1. The van der Waals surface area contributed by atoms with Gasteiger partial charge < -0.3 is 15.8 Å². The van der Waals surface area contributed by atoms with Gasteiger partial charge in [-0.05, 0) is 37.1 Å². The number of fused-ring (bicyclic) bond motifs is 1. The molecule has 11 heteroatoms. The molecule has 0 amide bonds. The third-order valence-electron chi connectivity index (χ3n) is 6.19. The van der Waals surface area contributed by atoms with Crippen molar-refractivity contribution in [3.05, 3.63) is 60.4 Å². The predicted octanol–water partition coefficient (Wildman–Crippen LogP) is 2.49. The summed E-state index contributed by atoms with van der Waals surface area (Å²) in [6.45, 7) is 1.96. The van der Waals surface area contributed by atoms with Crippen LogP contribution in [0.3, 0.4) is 0 Å². The zero-order valence-electron chi connectivity index (χ0n) is 19.3. The second-order valence-electron chi connectivity index (χ2n) is 8.42. The first-order valence-corrected chi connectivity index (χ1v) is 12.9. The largest absolute Gasteiger partial charge is 0.495 e. The number of anilines is 1. The number of nitrogens with one attached hydrogen (secondary N) is 2. The molecule has 182 valence electrons. The van der Waals surface area contributed by atoms with Gasteiger partial charge in [-0.3, -0.25) is 0 Å². The number of sulfonamides is 1. The first kappa shape index (κ1) is 23.2. The molecule has 5 rings (SSSR count). The van der Waals surface area contributed by atoms with Crippen LogP contribution in [0, 0.1) is 0 Å². The van der Waals surface area contributed by atoms with Crippen LogP contribution < -0.4 is 20.5 Å². The fraction of sp³-hybridized carbons (Fsp3) is 0.292. The molecule has 1 unspecified atom stereocenters. The van der Waals surface area contributed by atoms with E-state index >= 15 is 0 Å². The van der Waals surface area contributed by atoms with Crippen molar-refractivity contribution in [3.63, 3.8) is 0 Å². The summed E-state index contributed by atoms with van der Waals surface area (Å²) in [7, 11) is -2.29. The van der Waals surface area contributed by atoms with Crippen LogP contribution in [0.1, 0.15) is 24.4 Å². The number of aromatic nitrogens is 4. The van der Waals surface area contributed by atoms with Crippen molar-refractivity contribution in [2.75, 3.05) is 25.9 Å². The molecule has 1 saturated heterocycles. The van der Waals surface area contributed by atoms with Crippen LogP contribution in [-0.2, 0) is 16.6 Å². The van der Waals surface area contributed by atoms with E-state index in [2.05, 4.69) is 20.0 Å². The molecule has 1 fully saturated rings. The lowest BCUT2D eigenvalue weighted by Gasteiger charge is -2.23. The van der Waals surface area contributed by atoms with E-state index in [4.69, 9.17) is 15.6 Å². The summed E-state index contributed by atoms with van der Waals surface area (Å²) in [6, 6.07) is 14.3. The second-order valence-corrected chi connectivity index (χ2v) is 10.2. The molecule has 10 nitrogen and oxygen atoms in total. The lowest BCUT2D eigenvalue weighted by Crippen LogP contribution is -2.32. The number of piperidine rings is 1. The molecule has 35 heavy (non-hydrogen) atoms. The van der Waals surface area contributed by atoms with Gasteiger partial charge in [0.1, 0.15) is 28.5 Å². The Hall–Kier alpha value is -3.54. The van der Waals surface area contributed by atoms with Crippen LogP contribution >= 0.6 is 0 Å². The summed E-state index contributed by atoms with van der Waals surface area (Å²) < 4.78 is 35.3. The molecular weight excluding hydrogens is 466 g/mol. The Morgan fingerprint density at radius 3 is 2.71 bits per heavy atom. The highest BCUT2D eigenvalue weighted by Crippen LogP contribution is 2.33. The summed E-state index contributed by atoms with van der Waals surface area (Å²) >= 11 is 0. The summed E-state index contributed by atoms with van der Waals surface area (Å²) in [5, 5.41) is 9.03. The number of nitrogens with two attached hydrogens (primary N) is 1. The highest BCUT2D eigenvalue weighted by molar-refractivity contribution is 7.89. The number of nitrogen functional groups attached to an aromatic ring is 1. The predicted molar refractivity (Wildman–Crippen MR) is 133 cm³/mol. The molecule has 2 aromatic heterocycles. The lowest BCUT2D eigenvalue weighted by atomic mass is 10.1.